The van der Waals surface area contributed by atoms with E-state index in [0.29, 0.717) is 17.9 Å². The number of methoxy groups -OCH3 is 3. The lowest BCUT2D eigenvalue weighted by molar-refractivity contribution is 0.0936. The summed E-state index contributed by atoms with van der Waals surface area (Å²) >= 11 is 0. The van der Waals surface area contributed by atoms with Gasteiger partial charge in [0.2, 0.25) is 5.75 Å². The molecule has 7 heteroatoms. The fourth-order valence-electron chi connectivity index (χ4n) is 3.40. The Balaban J connectivity index is 1.97. The van der Waals surface area contributed by atoms with Crippen molar-refractivity contribution in [2.75, 3.05) is 27.1 Å². The standard InChI is InChI=1S/C24H25FN2O4/c1-29-20-14-18(21(26)23(31-3)22(20)30-2)24(28)27-19(13-15-7-5-4-6-8-15)16-9-11-17(25)12-10-16/h4-12,14,19H,13,26H2,1-3H3,(H,27,28). The topological polar surface area (TPSA) is 82.8 Å². The zero-order valence-corrected chi connectivity index (χ0v) is 17.6. The summed E-state index contributed by atoms with van der Waals surface area (Å²) in [5.41, 5.74) is 8.33. The third-order valence-electron chi connectivity index (χ3n) is 4.97. The highest BCUT2D eigenvalue weighted by atomic mass is 19.1. The average molecular weight is 424 g/mol. The van der Waals surface area contributed by atoms with Crippen molar-refractivity contribution in [2.45, 2.75) is 12.5 Å². The second-order valence-electron chi connectivity index (χ2n) is 6.87. The van der Waals surface area contributed by atoms with E-state index in [1.807, 2.05) is 30.3 Å². The average Bonchev–Trinajstić information content (AvgIpc) is 2.79. The molecule has 0 saturated heterocycles. The first-order valence-corrected chi connectivity index (χ1v) is 9.67. The summed E-state index contributed by atoms with van der Waals surface area (Å²) in [7, 11) is 4.36. The van der Waals surface area contributed by atoms with Crippen molar-refractivity contribution in [3.63, 3.8) is 0 Å². The number of ether oxygens (including phenoxy) is 3. The highest BCUT2D eigenvalue weighted by Gasteiger charge is 2.24. The molecule has 0 aliphatic carbocycles. The molecule has 3 aromatic carbocycles. The van der Waals surface area contributed by atoms with Crippen molar-refractivity contribution < 1.29 is 23.4 Å². The van der Waals surface area contributed by atoms with Crippen molar-refractivity contribution in [3.8, 4) is 17.2 Å². The van der Waals surface area contributed by atoms with Crippen LogP contribution in [0.3, 0.4) is 0 Å². The van der Waals surface area contributed by atoms with Crippen molar-refractivity contribution in [3.05, 3.63) is 83.2 Å². The molecule has 0 radical (unpaired) electrons. The maximum absolute atomic E-state index is 13.5. The van der Waals surface area contributed by atoms with Crippen molar-refractivity contribution in [2.24, 2.45) is 0 Å². The van der Waals surface area contributed by atoms with Crippen molar-refractivity contribution >= 4 is 11.6 Å². The van der Waals surface area contributed by atoms with Gasteiger partial charge in [0, 0.05) is 0 Å². The molecular weight excluding hydrogens is 399 g/mol. The molecule has 0 spiro atoms. The predicted molar refractivity (Wildman–Crippen MR) is 117 cm³/mol. The van der Waals surface area contributed by atoms with Crippen molar-refractivity contribution in [1.82, 2.24) is 5.32 Å². The van der Waals surface area contributed by atoms with Gasteiger partial charge in [-0.2, -0.15) is 0 Å². The highest BCUT2D eigenvalue weighted by molar-refractivity contribution is 6.02. The molecule has 3 N–H and O–H groups in total. The van der Waals surface area contributed by atoms with E-state index in [1.165, 1.54) is 39.5 Å². The van der Waals surface area contributed by atoms with Crippen LogP contribution in [0.1, 0.15) is 27.5 Å². The van der Waals surface area contributed by atoms with Gasteiger partial charge in [-0.3, -0.25) is 4.79 Å². The highest BCUT2D eigenvalue weighted by Crippen LogP contribution is 2.43. The van der Waals surface area contributed by atoms with E-state index in [1.54, 1.807) is 12.1 Å². The van der Waals surface area contributed by atoms with Gasteiger partial charge in [0.05, 0.1) is 38.6 Å². The Hall–Kier alpha value is -3.74. The Morgan fingerprint density at radius 3 is 2.19 bits per heavy atom. The summed E-state index contributed by atoms with van der Waals surface area (Å²) in [5, 5.41) is 3.01. The number of hydrogen-bond donors (Lipinski definition) is 2. The van der Waals surface area contributed by atoms with Gasteiger partial charge >= 0.3 is 0 Å². The lowest BCUT2D eigenvalue weighted by Crippen LogP contribution is -2.30. The smallest absolute Gasteiger partial charge is 0.254 e. The number of hydrogen-bond acceptors (Lipinski definition) is 5. The van der Waals surface area contributed by atoms with Gasteiger partial charge in [0.25, 0.3) is 5.91 Å². The number of carbonyl (C=O) groups excluding carboxylic acids is 1. The SMILES string of the molecule is COc1cc(C(=O)NC(Cc2ccccc2)c2ccc(F)cc2)c(N)c(OC)c1OC. The summed E-state index contributed by atoms with van der Waals surface area (Å²) in [6, 6.07) is 16.9. The lowest BCUT2D eigenvalue weighted by Gasteiger charge is -2.22. The van der Waals surface area contributed by atoms with Gasteiger partial charge < -0.3 is 25.3 Å². The number of carbonyl (C=O) groups is 1. The van der Waals surface area contributed by atoms with Gasteiger partial charge in [-0.15, -0.1) is 0 Å². The molecule has 6 nitrogen and oxygen atoms in total. The predicted octanol–water partition coefficient (Wildman–Crippen LogP) is 4.15. The van der Waals surface area contributed by atoms with Crippen LogP contribution in [0.4, 0.5) is 10.1 Å². The van der Waals surface area contributed by atoms with Crippen molar-refractivity contribution in [1.29, 1.82) is 0 Å². The van der Waals surface area contributed by atoms with Crippen LogP contribution in [0.5, 0.6) is 17.2 Å². The van der Waals surface area contributed by atoms with Crippen LogP contribution in [-0.2, 0) is 6.42 Å². The molecule has 3 rings (SSSR count). The number of nitrogens with one attached hydrogen (secondary N) is 1. The van der Waals surface area contributed by atoms with Crippen LogP contribution < -0.4 is 25.3 Å². The lowest BCUT2D eigenvalue weighted by atomic mass is 9.98. The van der Waals surface area contributed by atoms with Gasteiger partial charge in [-0.05, 0) is 35.7 Å². The Kier molecular flexibility index (Phi) is 6.97. The molecule has 1 atom stereocenters. The second-order valence-corrected chi connectivity index (χ2v) is 6.87. The van der Waals surface area contributed by atoms with Crippen LogP contribution in [0, 0.1) is 5.82 Å². The minimum atomic E-state index is -0.415. The van der Waals surface area contributed by atoms with E-state index in [2.05, 4.69) is 5.32 Å². The number of amides is 1. The fourth-order valence-corrected chi connectivity index (χ4v) is 3.40. The van der Waals surface area contributed by atoms with E-state index in [-0.39, 0.29) is 22.8 Å². The fraction of sp³-hybridized carbons (Fsp3) is 0.208. The number of nitrogens with two attached hydrogens (primary N) is 1. The largest absolute Gasteiger partial charge is 0.493 e. The quantitative estimate of drug-likeness (QED) is 0.531. The van der Waals surface area contributed by atoms with E-state index in [4.69, 9.17) is 19.9 Å². The molecule has 0 aliphatic rings. The molecule has 3 aromatic rings. The van der Waals surface area contributed by atoms with Gasteiger partial charge in [-0.25, -0.2) is 4.39 Å². The van der Waals surface area contributed by atoms with Crippen LogP contribution in [-0.4, -0.2) is 27.2 Å². The van der Waals surface area contributed by atoms with Gasteiger partial charge in [0.1, 0.15) is 5.82 Å². The molecule has 1 amide bonds. The third-order valence-corrected chi connectivity index (χ3v) is 4.97. The number of anilines is 1. The Bertz CT molecular complexity index is 1040. The van der Waals surface area contributed by atoms with Gasteiger partial charge in [-0.1, -0.05) is 42.5 Å². The molecule has 0 heterocycles. The van der Waals surface area contributed by atoms with E-state index >= 15 is 0 Å². The van der Waals surface area contributed by atoms with E-state index < -0.39 is 11.9 Å². The monoisotopic (exact) mass is 424 g/mol. The Morgan fingerprint density at radius 1 is 0.968 bits per heavy atom. The molecule has 31 heavy (non-hydrogen) atoms. The summed E-state index contributed by atoms with van der Waals surface area (Å²) in [5.74, 6) is 0.0799. The van der Waals surface area contributed by atoms with E-state index in [9.17, 15) is 9.18 Å². The van der Waals surface area contributed by atoms with Crippen LogP contribution in [0.25, 0.3) is 0 Å². The normalized spacial score (nSPS) is 11.5. The third kappa shape index (κ3) is 4.88. The minimum Gasteiger partial charge on any atom is -0.493 e. The summed E-state index contributed by atoms with van der Waals surface area (Å²) < 4.78 is 29.5. The van der Waals surface area contributed by atoms with E-state index in [0.717, 1.165) is 11.1 Å². The molecule has 0 fully saturated rings. The summed E-state index contributed by atoms with van der Waals surface area (Å²) in [6.07, 6.45) is 0.516. The maximum Gasteiger partial charge on any atom is 0.254 e. The zero-order chi connectivity index (χ0) is 22.4. The molecular formula is C24H25FN2O4. The van der Waals surface area contributed by atoms with Crippen LogP contribution in [0.15, 0.2) is 60.7 Å². The summed E-state index contributed by atoms with van der Waals surface area (Å²) in [6.45, 7) is 0. The number of halogens is 1. The van der Waals surface area contributed by atoms with Crippen LogP contribution >= 0.6 is 0 Å². The Labute approximate surface area is 180 Å². The van der Waals surface area contributed by atoms with Crippen LogP contribution in [0.2, 0.25) is 0 Å². The first-order valence-electron chi connectivity index (χ1n) is 9.67. The number of benzene rings is 3. The first-order chi connectivity index (χ1) is 15.0. The first kappa shape index (κ1) is 22.0. The second kappa shape index (κ2) is 9.84. The zero-order valence-electron chi connectivity index (χ0n) is 17.6. The molecule has 0 aliphatic heterocycles. The maximum atomic E-state index is 13.5. The summed E-state index contributed by atoms with van der Waals surface area (Å²) in [4.78, 5) is 13.2. The molecule has 162 valence electrons. The molecule has 0 aromatic heterocycles. The molecule has 1 unspecified atom stereocenters. The molecule has 0 saturated carbocycles. The molecule has 0 bridgehead atoms. The number of nitrogen functional groups attached to an aromatic ring is 1. The minimum absolute atomic E-state index is 0.134. The van der Waals surface area contributed by atoms with Gasteiger partial charge in [0.15, 0.2) is 11.5 Å². The number of rotatable bonds is 8. The Morgan fingerprint density at radius 2 is 1.61 bits per heavy atom.